The number of aromatic nitrogens is 1. The van der Waals surface area contributed by atoms with Crippen LogP contribution >= 0.6 is 15.9 Å². The van der Waals surface area contributed by atoms with E-state index in [-0.39, 0.29) is 5.56 Å². The van der Waals surface area contributed by atoms with Crippen LogP contribution in [0.15, 0.2) is 47.2 Å². The number of nitrogens with zero attached hydrogens (tertiary/aromatic N) is 1. The Labute approximate surface area is 113 Å². The molecule has 0 atom stereocenters. The van der Waals surface area contributed by atoms with Crippen LogP contribution in [0, 0.1) is 0 Å². The maximum absolute atomic E-state index is 11.0. The van der Waals surface area contributed by atoms with Crippen molar-refractivity contribution < 1.29 is 9.90 Å². The van der Waals surface area contributed by atoms with Crippen LogP contribution in [0.4, 0.5) is 5.69 Å². The SMILES string of the molecule is O=C(O)c1ccccc1NCc1ccnc(Br)c1. The van der Waals surface area contributed by atoms with E-state index in [1.54, 1.807) is 30.5 Å². The first kappa shape index (κ1) is 12.6. The number of aromatic carboxylic acids is 1. The predicted octanol–water partition coefficient (Wildman–Crippen LogP) is 3.15. The molecule has 0 amide bonds. The summed E-state index contributed by atoms with van der Waals surface area (Å²) in [4.78, 5) is 15.1. The van der Waals surface area contributed by atoms with Crippen LogP contribution in [0.5, 0.6) is 0 Å². The monoisotopic (exact) mass is 306 g/mol. The number of carboxylic acid groups (broad SMARTS) is 1. The highest BCUT2D eigenvalue weighted by molar-refractivity contribution is 9.10. The van der Waals surface area contributed by atoms with E-state index in [2.05, 4.69) is 26.2 Å². The quantitative estimate of drug-likeness (QED) is 0.852. The van der Waals surface area contributed by atoms with Gasteiger partial charge in [-0.2, -0.15) is 0 Å². The van der Waals surface area contributed by atoms with Gasteiger partial charge >= 0.3 is 5.97 Å². The highest BCUT2D eigenvalue weighted by Crippen LogP contribution is 2.16. The number of carbonyl (C=O) groups is 1. The van der Waals surface area contributed by atoms with Gasteiger partial charge in [0, 0.05) is 18.4 Å². The van der Waals surface area contributed by atoms with Crippen molar-refractivity contribution in [2.24, 2.45) is 0 Å². The van der Waals surface area contributed by atoms with Crippen LogP contribution in [0.25, 0.3) is 0 Å². The molecule has 1 aromatic heterocycles. The van der Waals surface area contributed by atoms with E-state index in [1.807, 2.05) is 12.1 Å². The van der Waals surface area contributed by atoms with Crippen molar-refractivity contribution >= 4 is 27.6 Å². The average molecular weight is 307 g/mol. The molecule has 0 radical (unpaired) electrons. The number of hydrogen-bond donors (Lipinski definition) is 2. The van der Waals surface area contributed by atoms with Crippen LogP contribution < -0.4 is 5.32 Å². The highest BCUT2D eigenvalue weighted by Gasteiger charge is 2.08. The Balaban J connectivity index is 2.13. The molecule has 2 aromatic rings. The Morgan fingerprint density at radius 1 is 1.33 bits per heavy atom. The molecule has 0 saturated heterocycles. The lowest BCUT2D eigenvalue weighted by Gasteiger charge is -2.09. The molecule has 0 unspecified atom stereocenters. The number of carboxylic acids is 1. The molecule has 0 aliphatic rings. The summed E-state index contributed by atoms with van der Waals surface area (Å²) in [5.41, 5.74) is 1.90. The van der Waals surface area contributed by atoms with Gasteiger partial charge in [0.15, 0.2) is 0 Å². The molecule has 2 rings (SSSR count). The second kappa shape index (κ2) is 5.64. The summed E-state index contributed by atoms with van der Waals surface area (Å²) in [5.74, 6) is -0.936. The lowest BCUT2D eigenvalue weighted by atomic mass is 10.1. The van der Waals surface area contributed by atoms with Gasteiger partial charge in [-0.15, -0.1) is 0 Å². The van der Waals surface area contributed by atoms with E-state index in [0.717, 1.165) is 10.2 Å². The minimum Gasteiger partial charge on any atom is -0.478 e. The summed E-state index contributed by atoms with van der Waals surface area (Å²) in [6, 6.07) is 10.6. The second-order valence-electron chi connectivity index (χ2n) is 3.69. The Morgan fingerprint density at radius 3 is 2.83 bits per heavy atom. The van der Waals surface area contributed by atoms with Gasteiger partial charge in [-0.05, 0) is 45.8 Å². The van der Waals surface area contributed by atoms with Gasteiger partial charge in [-0.3, -0.25) is 0 Å². The molecule has 1 aromatic carbocycles. The molecule has 0 aliphatic heterocycles. The number of benzene rings is 1. The second-order valence-corrected chi connectivity index (χ2v) is 4.50. The van der Waals surface area contributed by atoms with Crippen molar-refractivity contribution in [2.45, 2.75) is 6.54 Å². The normalized spacial score (nSPS) is 10.1. The standard InChI is InChI=1S/C13H11BrN2O2/c14-12-7-9(5-6-15-12)8-16-11-4-2-1-3-10(11)13(17)18/h1-7,16H,8H2,(H,17,18). The zero-order valence-electron chi connectivity index (χ0n) is 9.43. The largest absolute Gasteiger partial charge is 0.478 e. The van der Waals surface area contributed by atoms with Gasteiger partial charge in [0.1, 0.15) is 4.60 Å². The summed E-state index contributed by atoms with van der Waals surface area (Å²) >= 11 is 3.29. The van der Waals surface area contributed by atoms with Crippen LogP contribution in [-0.4, -0.2) is 16.1 Å². The van der Waals surface area contributed by atoms with Crippen LogP contribution in [-0.2, 0) is 6.54 Å². The molecule has 1 heterocycles. The van der Waals surface area contributed by atoms with Crippen molar-refractivity contribution in [1.29, 1.82) is 0 Å². The number of halogens is 1. The van der Waals surface area contributed by atoms with Gasteiger partial charge in [0.05, 0.1) is 5.56 Å². The highest BCUT2D eigenvalue weighted by atomic mass is 79.9. The zero-order valence-corrected chi connectivity index (χ0v) is 11.0. The number of anilines is 1. The summed E-state index contributed by atoms with van der Waals surface area (Å²) in [7, 11) is 0. The lowest BCUT2D eigenvalue weighted by Crippen LogP contribution is -2.06. The van der Waals surface area contributed by atoms with E-state index >= 15 is 0 Å². The van der Waals surface area contributed by atoms with Gasteiger partial charge in [0.25, 0.3) is 0 Å². The average Bonchev–Trinajstić information content (AvgIpc) is 2.37. The number of hydrogen-bond acceptors (Lipinski definition) is 3. The first-order valence-electron chi connectivity index (χ1n) is 5.33. The van der Waals surface area contributed by atoms with Crippen molar-refractivity contribution in [1.82, 2.24) is 4.98 Å². The summed E-state index contributed by atoms with van der Waals surface area (Å²) in [6.07, 6.45) is 1.70. The zero-order chi connectivity index (χ0) is 13.0. The Bertz CT molecular complexity index is 572. The van der Waals surface area contributed by atoms with Gasteiger partial charge in [-0.25, -0.2) is 9.78 Å². The molecule has 0 spiro atoms. The third-order valence-corrected chi connectivity index (χ3v) is 2.87. The fourth-order valence-corrected chi connectivity index (χ4v) is 1.99. The maximum atomic E-state index is 11.0. The molecule has 0 fully saturated rings. The molecule has 0 aliphatic carbocycles. The first-order valence-corrected chi connectivity index (χ1v) is 6.13. The molecule has 0 saturated carbocycles. The van der Waals surface area contributed by atoms with Crippen molar-refractivity contribution in [3.05, 3.63) is 58.3 Å². The smallest absolute Gasteiger partial charge is 0.337 e. The number of rotatable bonds is 4. The molecule has 2 N–H and O–H groups in total. The number of nitrogens with one attached hydrogen (secondary N) is 1. The number of pyridine rings is 1. The molecule has 0 bridgehead atoms. The Hall–Kier alpha value is -1.88. The summed E-state index contributed by atoms with van der Waals surface area (Å²) in [6.45, 7) is 0.547. The topological polar surface area (TPSA) is 62.2 Å². The van der Waals surface area contributed by atoms with Crippen molar-refractivity contribution in [2.75, 3.05) is 5.32 Å². The predicted molar refractivity (Wildman–Crippen MR) is 72.7 cm³/mol. The molecular formula is C13H11BrN2O2. The fourth-order valence-electron chi connectivity index (χ4n) is 1.57. The third-order valence-electron chi connectivity index (χ3n) is 2.43. The van der Waals surface area contributed by atoms with E-state index in [1.165, 1.54) is 0 Å². The maximum Gasteiger partial charge on any atom is 0.337 e. The van der Waals surface area contributed by atoms with Crippen LogP contribution in [0.1, 0.15) is 15.9 Å². The van der Waals surface area contributed by atoms with Gasteiger partial charge < -0.3 is 10.4 Å². The fraction of sp³-hybridized carbons (Fsp3) is 0.0769. The summed E-state index contributed by atoms with van der Waals surface area (Å²) in [5, 5.41) is 12.2. The van der Waals surface area contributed by atoms with Crippen molar-refractivity contribution in [3.63, 3.8) is 0 Å². The summed E-state index contributed by atoms with van der Waals surface area (Å²) < 4.78 is 0.758. The molecule has 18 heavy (non-hydrogen) atoms. The van der Waals surface area contributed by atoms with Gasteiger partial charge in [0.2, 0.25) is 0 Å². The van der Waals surface area contributed by atoms with Crippen molar-refractivity contribution in [3.8, 4) is 0 Å². The number of para-hydroxylation sites is 1. The minimum atomic E-state index is -0.936. The van der Waals surface area contributed by atoms with E-state index in [0.29, 0.717) is 12.2 Å². The Morgan fingerprint density at radius 2 is 2.11 bits per heavy atom. The van der Waals surface area contributed by atoms with E-state index in [4.69, 9.17) is 5.11 Å². The minimum absolute atomic E-state index is 0.269. The van der Waals surface area contributed by atoms with E-state index in [9.17, 15) is 4.79 Å². The molecule has 5 heteroatoms. The lowest BCUT2D eigenvalue weighted by molar-refractivity contribution is 0.0698. The molecule has 4 nitrogen and oxygen atoms in total. The molecule has 92 valence electrons. The third kappa shape index (κ3) is 3.07. The van der Waals surface area contributed by atoms with Crippen LogP contribution in [0.2, 0.25) is 0 Å². The molecular weight excluding hydrogens is 296 g/mol. The van der Waals surface area contributed by atoms with Gasteiger partial charge in [-0.1, -0.05) is 12.1 Å². The van der Waals surface area contributed by atoms with Crippen LogP contribution in [0.3, 0.4) is 0 Å². The van der Waals surface area contributed by atoms with E-state index < -0.39 is 5.97 Å². The first-order chi connectivity index (χ1) is 8.66. The Kier molecular flexibility index (Phi) is 3.94.